The first-order valence-electron chi connectivity index (χ1n) is 10.5. The first-order valence-corrected chi connectivity index (χ1v) is 10.5. The molecule has 33 heavy (non-hydrogen) atoms. The number of benzene rings is 2. The van der Waals surface area contributed by atoms with Crippen LogP contribution in [0.15, 0.2) is 71.3 Å². The molecule has 0 saturated heterocycles. The van der Waals surface area contributed by atoms with E-state index in [2.05, 4.69) is 10.2 Å². The van der Waals surface area contributed by atoms with E-state index in [0.29, 0.717) is 40.8 Å². The van der Waals surface area contributed by atoms with Crippen LogP contribution < -0.4 is 9.64 Å². The van der Waals surface area contributed by atoms with Gasteiger partial charge in [-0.05, 0) is 61.0 Å². The van der Waals surface area contributed by atoms with Crippen LogP contribution in [0.25, 0.3) is 11.5 Å². The summed E-state index contributed by atoms with van der Waals surface area (Å²) in [6, 6.07) is 17.5. The summed E-state index contributed by atoms with van der Waals surface area (Å²) in [5.74, 6) is 0.600. The summed E-state index contributed by atoms with van der Waals surface area (Å²) < 4.78 is 16.1. The first kappa shape index (κ1) is 20.6. The molecule has 0 aliphatic carbocycles. The van der Waals surface area contributed by atoms with Gasteiger partial charge in [0.05, 0.1) is 31.6 Å². The third kappa shape index (κ3) is 3.45. The minimum atomic E-state index is -0.477. The average molecular weight is 443 g/mol. The second kappa shape index (κ2) is 8.31. The molecule has 0 radical (unpaired) electrons. The smallest absolute Gasteiger partial charge is 0.338 e. The van der Waals surface area contributed by atoms with Crippen molar-refractivity contribution in [3.05, 3.63) is 89.3 Å². The normalized spacial score (nSPS) is 14.9. The number of aromatic nitrogens is 2. The van der Waals surface area contributed by atoms with Crippen molar-refractivity contribution in [2.45, 2.75) is 13.0 Å². The van der Waals surface area contributed by atoms with E-state index in [1.54, 1.807) is 55.5 Å². The molecule has 0 saturated carbocycles. The number of nitrogens with one attached hydrogen (secondary N) is 1. The van der Waals surface area contributed by atoms with E-state index in [9.17, 15) is 9.59 Å². The third-order valence-electron chi connectivity index (χ3n) is 5.59. The maximum Gasteiger partial charge on any atom is 0.338 e. The quantitative estimate of drug-likeness (QED) is 0.437. The van der Waals surface area contributed by atoms with Gasteiger partial charge in [-0.15, -0.1) is 0 Å². The predicted octanol–water partition coefficient (Wildman–Crippen LogP) is 4.60. The Bertz CT molecular complexity index is 1310. The van der Waals surface area contributed by atoms with Crippen molar-refractivity contribution in [2.75, 3.05) is 18.6 Å². The van der Waals surface area contributed by atoms with E-state index in [1.807, 2.05) is 30.3 Å². The minimum absolute atomic E-state index is 0.254. The van der Waals surface area contributed by atoms with Gasteiger partial charge < -0.3 is 13.9 Å². The molecule has 8 nitrogen and oxygen atoms in total. The van der Waals surface area contributed by atoms with Crippen LogP contribution in [0.3, 0.4) is 0 Å². The van der Waals surface area contributed by atoms with E-state index < -0.39 is 12.0 Å². The first-order chi connectivity index (χ1) is 16.1. The van der Waals surface area contributed by atoms with E-state index >= 15 is 0 Å². The van der Waals surface area contributed by atoms with Crippen molar-refractivity contribution in [3.8, 4) is 17.2 Å². The molecule has 166 valence electrons. The van der Waals surface area contributed by atoms with Crippen molar-refractivity contribution in [1.82, 2.24) is 10.2 Å². The monoisotopic (exact) mass is 443 g/mol. The van der Waals surface area contributed by atoms with Gasteiger partial charge in [-0.25, -0.2) is 4.79 Å². The van der Waals surface area contributed by atoms with E-state index in [-0.39, 0.29) is 5.91 Å². The van der Waals surface area contributed by atoms with Crippen LogP contribution in [-0.4, -0.2) is 35.8 Å². The number of H-pyrrole nitrogens is 1. The number of esters is 1. The Morgan fingerprint density at radius 1 is 1.15 bits per heavy atom. The maximum atomic E-state index is 13.5. The molecule has 1 aliphatic rings. The molecule has 4 aromatic rings. The van der Waals surface area contributed by atoms with Crippen LogP contribution in [-0.2, 0) is 4.74 Å². The lowest BCUT2D eigenvalue weighted by atomic mass is 9.97. The summed E-state index contributed by atoms with van der Waals surface area (Å²) in [5.41, 5.74) is 3.58. The molecule has 5 rings (SSSR count). The number of fused-ring (bicyclic) bond motifs is 1. The second-order valence-electron chi connectivity index (χ2n) is 7.46. The molecule has 0 bridgehead atoms. The number of hydrogen-bond donors (Lipinski definition) is 1. The van der Waals surface area contributed by atoms with Gasteiger partial charge >= 0.3 is 5.97 Å². The molecule has 0 unspecified atom stereocenters. The number of carbonyl (C=O) groups excluding carboxylic acids is 2. The highest BCUT2D eigenvalue weighted by Crippen LogP contribution is 2.45. The predicted molar refractivity (Wildman–Crippen MR) is 120 cm³/mol. The van der Waals surface area contributed by atoms with Gasteiger partial charge in [-0.3, -0.25) is 14.8 Å². The summed E-state index contributed by atoms with van der Waals surface area (Å²) in [5, 5.41) is 7.28. The van der Waals surface area contributed by atoms with Gasteiger partial charge in [0.1, 0.15) is 11.4 Å². The number of ether oxygens (including phenoxy) is 2. The van der Waals surface area contributed by atoms with Crippen LogP contribution in [0.2, 0.25) is 0 Å². The number of amides is 1. The zero-order valence-electron chi connectivity index (χ0n) is 18.1. The highest BCUT2D eigenvalue weighted by Gasteiger charge is 2.44. The Morgan fingerprint density at radius 2 is 1.97 bits per heavy atom. The number of carbonyl (C=O) groups is 2. The van der Waals surface area contributed by atoms with Gasteiger partial charge in [-0.2, -0.15) is 5.10 Å². The Labute approximate surface area is 189 Å². The molecular weight excluding hydrogens is 422 g/mol. The largest absolute Gasteiger partial charge is 0.497 e. The number of methoxy groups -OCH3 is 1. The SMILES string of the molecule is CCOC(=O)c1ccc(N2C(=O)c3n[nH]c(-c4ccco4)c3[C@H]2c2cccc(OC)c2)cc1. The van der Waals surface area contributed by atoms with Gasteiger partial charge in [-0.1, -0.05) is 12.1 Å². The summed E-state index contributed by atoms with van der Waals surface area (Å²) in [6.45, 7) is 2.05. The molecule has 2 aromatic carbocycles. The molecule has 8 heteroatoms. The number of anilines is 1. The third-order valence-corrected chi connectivity index (χ3v) is 5.59. The van der Waals surface area contributed by atoms with Gasteiger partial charge in [0.2, 0.25) is 0 Å². The number of rotatable bonds is 6. The Balaban J connectivity index is 1.64. The lowest BCUT2D eigenvalue weighted by Gasteiger charge is -2.26. The maximum absolute atomic E-state index is 13.5. The fourth-order valence-electron chi connectivity index (χ4n) is 4.12. The number of hydrogen-bond acceptors (Lipinski definition) is 6. The molecule has 2 aromatic heterocycles. The summed E-state index contributed by atoms with van der Waals surface area (Å²) in [7, 11) is 1.60. The van der Waals surface area contributed by atoms with Crippen molar-refractivity contribution >= 4 is 17.6 Å². The van der Waals surface area contributed by atoms with Crippen LogP contribution >= 0.6 is 0 Å². The Morgan fingerprint density at radius 3 is 2.67 bits per heavy atom. The number of nitrogens with zero attached hydrogens (tertiary/aromatic N) is 2. The van der Waals surface area contributed by atoms with E-state index in [0.717, 1.165) is 11.1 Å². The summed E-state index contributed by atoms with van der Waals surface area (Å²) in [4.78, 5) is 27.3. The molecule has 1 atom stereocenters. The Hall–Kier alpha value is -4.33. The van der Waals surface area contributed by atoms with Crippen LogP contribution in [0.5, 0.6) is 5.75 Å². The zero-order valence-corrected chi connectivity index (χ0v) is 18.1. The van der Waals surface area contributed by atoms with Gasteiger partial charge in [0, 0.05) is 11.3 Å². The highest BCUT2D eigenvalue weighted by molar-refractivity contribution is 6.11. The minimum Gasteiger partial charge on any atom is -0.497 e. The summed E-state index contributed by atoms with van der Waals surface area (Å²) in [6.07, 6.45) is 1.58. The van der Waals surface area contributed by atoms with Gasteiger partial charge in [0.25, 0.3) is 5.91 Å². The molecule has 1 N–H and O–H groups in total. The lowest BCUT2D eigenvalue weighted by molar-refractivity contribution is 0.0526. The van der Waals surface area contributed by atoms with Crippen LogP contribution in [0, 0.1) is 0 Å². The number of furan rings is 1. The topological polar surface area (TPSA) is 97.7 Å². The van der Waals surface area contributed by atoms with Crippen molar-refractivity contribution in [1.29, 1.82) is 0 Å². The van der Waals surface area contributed by atoms with E-state index in [1.165, 1.54) is 0 Å². The van der Waals surface area contributed by atoms with Crippen molar-refractivity contribution in [3.63, 3.8) is 0 Å². The molecule has 0 spiro atoms. The lowest BCUT2D eigenvalue weighted by Crippen LogP contribution is -2.29. The van der Waals surface area contributed by atoms with Crippen LogP contribution in [0.4, 0.5) is 5.69 Å². The van der Waals surface area contributed by atoms with Crippen molar-refractivity contribution in [2.24, 2.45) is 0 Å². The van der Waals surface area contributed by atoms with E-state index in [4.69, 9.17) is 13.9 Å². The molecule has 3 heterocycles. The van der Waals surface area contributed by atoms with Gasteiger partial charge in [0.15, 0.2) is 11.5 Å². The highest BCUT2D eigenvalue weighted by atomic mass is 16.5. The van der Waals surface area contributed by atoms with Crippen molar-refractivity contribution < 1.29 is 23.5 Å². The van der Waals surface area contributed by atoms with Crippen LogP contribution in [0.1, 0.15) is 44.9 Å². The Kier molecular flexibility index (Phi) is 5.18. The second-order valence-corrected chi connectivity index (χ2v) is 7.46. The summed E-state index contributed by atoms with van der Waals surface area (Å²) >= 11 is 0. The average Bonchev–Trinajstić information content (AvgIpc) is 3.57. The zero-order chi connectivity index (χ0) is 22.9. The molecule has 0 fully saturated rings. The number of aromatic amines is 1. The fraction of sp³-hybridized carbons (Fsp3) is 0.160. The molecule has 1 amide bonds. The standard InChI is InChI=1S/C25H21N3O5/c1-3-32-25(30)15-9-11-17(12-10-15)28-23(16-6-4-7-18(14-16)31-2)20-21(19-8-5-13-33-19)26-27-22(20)24(28)29/h4-14,23H,3H2,1-2H3,(H,26,27)/t23-/m1/s1. The molecule has 1 aliphatic heterocycles. The molecular formula is C25H21N3O5. The fourth-order valence-corrected chi connectivity index (χ4v) is 4.12.